The van der Waals surface area contributed by atoms with E-state index in [-0.39, 0.29) is 6.03 Å². The molecule has 1 saturated heterocycles. The summed E-state index contributed by atoms with van der Waals surface area (Å²) in [4.78, 5) is 14.6. The maximum absolute atomic E-state index is 12.1. The molecule has 0 spiro atoms. The number of carbonyl (C=O) groups excluding carboxylic acids is 1. The van der Waals surface area contributed by atoms with Gasteiger partial charge in [-0.1, -0.05) is 48.5 Å². The maximum Gasteiger partial charge on any atom is 0.319 e. The Kier molecular flexibility index (Phi) is 7.62. The van der Waals surface area contributed by atoms with Crippen molar-refractivity contribution in [3.05, 3.63) is 72.3 Å². The summed E-state index contributed by atoms with van der Waals surface area (Å²) in [6, 6.07) is 22.6. The fraction of sp³-hybridized carbons (Fsp3) is 0.370. The van der Waals surface area contributed by atoms with Gasteiger partial charge in [0.25, 0.3) is 0 Å². The lowest BCUT2D eigenvalue weighted by atomic mass is 9.88. The van der Waals surface area contributed by atoms with Crippen LogP contribution in [0.25, 0.3) is 10.8 Å². The minimum atomic E-state index is -0.174. The number of nitrogens with one attached hydrogen (secondary N) is 2. The van der Waals surface area contributed by atoms with Crippen molar-refractivity contribution in [3.63, 3.8) is 0 Å². The predicted octanol–water partition coefficient (Wildman–Crippen LogP) is 5.31. The second-order valence-corrected chi connectivity index (χ2v) is 8.59. The summed E-state index contributed by atoms with van der Waals surface area (Å²) in [5, 5.41) is 8.54. The molecular weight excluding hydrogens is 398 g/mol. The van der Waals surface area contributed by atoms with Gasteiger partial charge in [-0.05, 0) is 79.7 Å². The highest BCUT2D eigenvalue weighted by Crippen LogP contribution is 2.26. The summed E-state index contributed by atoms with van der Waals surface area (Å²) in [5.74, 6) is 1.48. The molecule has 3 aromatic rings. The molecule has 0 radical (unpaired) electrons. The van der Waals surface area contributed by atoms with Crippen LogP contribution >= 0.6 is 0 Å². The van der Waals surface area contributed by atoms with Crippen LogP contribution in [0.2, 0.25) is 0 Å². The number of urea groups is 1. The largest absolute Gasteiger partial charge is 0.497 e. The smallest absolute Gasteiger partial charge is 0.319 e. The van der Waals surface area contributed by atoms with Gasteiger partial charge in [-0.2, -0.15) is 0 Å². The van der Waals surface area contributed by atoms with Crippen molar-refractivity contribution >= 4 is 22.5 Å². The van der Waals surface area contributed by atoms with Crippen LogP contribution in [0.5, 0.6) is 5.75 Å². The van der Waals surface area contributed by atoms with Gasteiger partial charge in [0.2, 0.25) is 0 Å². The van der Waals surface area contributed by atoms with Gasteiger partial charge in [0.05, 0.1) is 7.11 Å². The molecule has 3 aromatic carbocycles. The van der Waals surface area contributed by atoms with Crippen molar-refractivity contribution in [2.24, 2.45) is 5.92 Å². The van der Waals surface area contributed by atoms with Gasteiger partial charge in [-0.15, -0.1) is 0 Å². The average Bonchev–Trinajstić information content (AvgIpc) is 2.83. The van der Waals surface area contributed by atoms with Gasteiger partial charge < -0.3 is 20.3 Å². The van der Waals surface area contributed by atoms with Gasteiger partial charge in [-0.25, -0.2) is 4.79 Å². The Morgan fingerprint density at radius 3 is 2.66 bits per heavy atom. The average molecular weight is 432 g/mol. The lowest BCUT2D eigenvalue weighted by molar-refractivity contribution is 0.182. The quantitative estimate of drug-likeness (QED) is 0.475. The zero-order chi connectivity index (χ0) is 22.2. The number of likely N-dealkylation sites (tertiary alicyclic amines) is 1. The molecule has 5 heteroatoms. The van der Waals surface area contributed by atoms with E-state index in [2.05, 4.69) is 58.0 Å². The van der Waals surface area contributed by atoms with Crippen LogP contribution in [0.15, 0.2) is 66.7 Å². The summed E-state index contributed by atoms with van der Waals surface area (Å²) >= 11 is 0. The number of hydrogen-bond acceptors (Lipinski definition) is 3. The third-order valence-corrected chi connectivity index (χ3v) is 6.36. The van der Waals surface area contributed by atoms with Crippen molar-refractivity contribution in [2.75, 3.05) is 38.6 Å². The highest BCUT2D eigenvalue weighted by Gasteiger charge is 2.19. The predicted molar refractivity (Wildman–Crippen MR) is 131 cm³/mol. The van der Waals surface area contributed by atoms with Crippen LogP contribution in [0, 0.1) is 5.92 Å². The van der Waals surface area contributed by atoms with Crippen molar-refractivity contribution < 1.29 is 9.53 Å². The zero-order valence-corrected chi connectivity index (χ0v) is 18.8. The topological polar surface area (TPSA) is 53.6 Å². The Morgan fingerprint density at radius 1 is 1.03 bits per heavy atom. The first kappa shape index (κ1) is 22.2. The van der Waals surface area contributed by atoms with E-state index in [1.807, 2.05) is 24.3 Å². The summed E-state index contributed by atoms with van der Waals surface area (Å²) in [5.41, 5.74) is 2.21. The van der Waals surface area contributed by atoms with E-state index in [0.29, 0.717) is 6.54 Å². The molecule has 0 unspecified atom stereocenters. The molecule has 0 saturated carbocycles. The van der Waals surface area contributed by atoms with Gasteiger partial charge >= 0.3 is 6.03 Å². The number of benzene rings is 3. The van der Waals surface area contributed by atoms with E-state index in [0.717, 1.165) is 43.4 Å². The molecule has 2 N–H and O–H groups in total. The van der Waals surface area contributed by atoms with Crippen LogP contribution in [0.3, 0.4) is 0 Å². The van der Waals surface area contributed by atoms with Crippen molar-refractivity contribution in [1.82, 2.24) is 10.2 Å². The first-order valence-electron chi connectivity index (χ1n) is 11.6. The van der Waals surface area contributed by atoms with Crippen LogP contribution in [0.4, 0.5) is 10.5 Å². The van der Waals surface area contributed by atoms with Gasteiger partial charge in [0.1, 0.15) is 5.75 Å². The minimum absolute atomic E-state index is 0.174. The van der Waals surface area contributed by atoms with E-state index in [1.165, 1.54) is 35.6 Å². The number of carbonyl (C=O) groups is 1. The molecule has 5 nitrogen and oxygen atoms in total. The number of rotatable bonds is 8. The lowest BCUT2D eigenvalue weighted by Gasteiger charge is -2.32. The van der Waals surface area contributed by atoms with Gasteiger partial charge in [0, 0.05) is 18.3 Å². The van der Waals surface area contributed by atoms with Gasteiger partial charge in [-0.3, -0.25) is 0 Å². The molecule has 1 aliphatic rings. The highest BCUT2D eigenvalue weighted by molar-refractivity contribution is 5.89. The minimum Gasteiger partial charge on any atom is -0.497 e. The molecule has 32 heavy (non-hydrogen) atoms. The summed E-state index contributed by atoms with van der Waals surface area (Å²) in [6.07, 6.45) is 4.61. The molecule has 1 aliphatic heterocycles. The zero-order valence-electron chi connectivity index (χ0n) is 18.8. The lowest BCUT2D eigenvalue weighted by Crippen LogP contribution is -2.37. The number of hydrogen-bond donors (Lipinski definition) is 2. The molecule has 0 aromatic heterocycles. The standard InChI is InChI=1S/C27H33N3O2/c1-32-25-11-5-10-24(20-25)29-27(31)28-15-6-16-30-17-13-21(14-18-30)19-23-9-4-8-22-7-2-3-12-26(22)23/h2-5,7-12,20-21H,6,13-19H2,1H3,(H2,28,29,31). The Bertz CT molecular complexity index is 1020. The van der Waals surface area contributed by atoms with E-state index in [4.69, 9.17) is 4.74 Å². The summed E-state index contributed by atoms with van der Waals surface area (Å²) in [7, 11) is 1.62. The molecule has 0 bridgehead atoms. The first-order valence-corrected chi connectivity index (χ1v) is 11.6. The van der Waals surface area contributed by atoms with Gasteiger partial charge in [0.15, 0.2) is 0 Å². The number of fused-ring (bicyclic) bond motifs is 1. The van der Waals surface area contributed by atoms with Crippen molar-refractivity contribution in [2.45, 2.75) is 25.7 Å². The molecular formula is C27H33N3O2. The number of ether oxygens (including phenoxy) is 1. The summed E-state index contributed by atoms with van der Waals surface area (Å²) in [6.45, 7) is 3.99. The molecule has 0 aliphatic carbocycles. The SMILES string of the molecule is COc1cccc(NC(=O)NCCCN2CCC(Cc3cccc4ccccc34)CC2)c1. The second kappa shape index (κ2) is 11.0. The van der Waals surface area contributed by atoms with Crippen LogP contribution in [-0.2, 0) is 6.42 Å². The Morgan fingerprint density at radius 2 is 1.81 bits per heavy atom. The fourth-order valence-electron chi connectivity index (χ4n) is 4.58. The normalized spacial score (nSPS) is 14.9. The fourth-order valence-corrected chi connectivity index (χ4v) is 4.58. The third kappa shape index (κ3) is 6.01. The Balaban J connectivity index is 1.14. The third-order valence-electron chi connectivity index (χ3n) is 6.36. The monoisotopic (exact) mass is 431 g/mol. The Labute approximate surface area is 190 Å². The number of amides is 2. The van der Waals surface area contributed by atoms with Crippen LogP contribution < -0.4 is 15.4 Å². The number of methoxy groups -OCH3 is 1. The van der Waals surface area contributed by atoms with Crippen molar-refractivity contribution in [3.8, 4) is 5.75 Å². The molecule has 0 atom stereocenters. The number of anilines is 1. The first-order chi connectivity index (χ1) is 15.7. The molecule has 2 amide bonds. The highest BCUT2D eigenvalue weighted by atomic mass is 16.5. The van der Waals surface area contributed by atoms with Crippen LogP contribution in [-0.4, -0.2) is 44.2 Å². The molecule has 4 rings (SSSR count). The van der Waals surface area contributed by atoms with Crippen LogP contribution in [0.1, 0.15) is 24.8 Å². The molecule has 168 valence electrons. The van der Waals surface area contributed by atoms with Crippen molar-refractivity contribution in [1.29, 1.82) is 0 Å². The van der Waals surface area contributed by atoms with E-state index in [9.17, 15) is 4.79 Å². The second-order valence-electron chi connectivity index (χ2n) is 8.59. The molecule has 1 fully saturated rings. The summed E-state index contributed by atoms with van der Waals surface area (Å²) < 4.78 is 5.18. The maximum atomic E-state index is 12.1. The molecule has 1 heterocycles. The Hall–Kier alpha value is -3.05. The number of nitrogens with zero attached hydrogens (tertiary/aromatic N) is 1. The number of piperidine rings is 1. The van der Waals surface area contributed by atoms with E-state index in [1.54, 1.807) is 7.11 Å². The van der Waals surface area contributed by atoms with E-state index >= 15 is 0 Å². The van der Waals surface area contributed by atoms with E-state index < -0.39 is 0 Å².